The average molecular weight is 304 g/mol. The SMILES string of the molecule is CC1CCCN(S(=O)(=O)NCC2CCCC2C(=O)O)C1. The lowest BCUT2D eigenvalue weighted by molar-refractivity contribution is -0.142. The molecule has 1 saturated heterocycles. The molecule has 2 N–H and O–H groups in total. The predicted octanol–water partition coefficient (Wildman–Crippen LogP) is 1.05. The maximum absolute atomic E-state index is 12.2. The van der Waals surface area contributed by atoms with Gasteiger partial charge in [-0.2, -0.15) is 12.7 Å². The second kappa shape index (κ2) is 6.41. The summed E-state index contributed by atoms with van der Waals surface area (Å²) in [6.07, 6.45) is 4.27. The number of rotatable bonds is 5. The van der Waals surface area contributed by atoms with E-state index in [-0.39, 0.29) is 12.5 Å². The molecule has 3 unspecified atom stereocenters. The number of nitrogens with zero attached hydrogens (tertiary/aromatic N) is 1. The van der Waals surface area contributed by atoms with Crippen LogP contribution in [0.2, 0.25) is 0 Å². The Kier molecular flexibility index (Phi) is 5.04. The highest BCUT2D eigenvalue weighted by Crippen LogP contribution is 2.31. The topological polar surface area (TPSA) is 86.7 Å². The first kappa shape index (κ1) is 15.7. The van der Waals surface area contributed by atoms with Crippen molar-refractivity contribution < 1.29 is 18.3 Å². The van der Waals surface area contributed by atoms with Gasteiger partial charge in [0.05, 0.1) is 5.92 Å². The normalized spacial score (nSPS) is 32.4. The number of carboxylic acid groups (broad SMARTS) is 1. The van der Waals surface area contributed by atoms with Crippen LogP contribution < -0.4 is 4.72 Å². The number of piperidine rings is 1. The van der Waals surface area contributed by atoms with E-state index in [2.05, 4.69) is 11.6 Å². The van der Waals surface area contributed by atoms with Crippen molar-refractivity contribution in [3.8, 4) is 0 Å². The third kappa shape index (κ3) is 3.71. The second-order valence-electron chi connectivity index (χ2n) is 6.09. The van der Waals surface area contributed by atoms with E-state index in [0.29, 0.717) is 25.4 Å². The maximum atomic E-state index is 12.2. The molecule has 0 amide bonds. The summed E-state index contributed by atoms with van der Waals surface area (Å²) in [6, 6.07) is 0. The average Bonchev–Trinajstić information content (AvgIpc) is 2.85. The Balaban J connectivity index is 1.90. The van der Waals surface area contributed by atoms with Gasteiger partial charge >= 0.3 is 5.97 Å². The predicted molar refractivity (Wildman–Crippen MR) is 75.4 cm³/mol. The van der Waals surface area contributed by atoms with Gasteiger partial charge in [0.1, 0.15) is 0 Å². The summed E-state index contributed by atoms with van der Waals surface area (Å²) in [6.45, 7) is 3.42. The molecule has 2 fully saturated rings. The van der Waals surface area contributed by atoms with Crippen LogP contribution in [-0.4, -0.2) is 43.4 Å². The van der Waals surface area contributed by atoms with Crippen molar-refractivity contribution in [1.82, 2.24) is 9.03 Å². The summed E-state index contributed by atoms with van der Waals surface area (Å²) in [7, 11) is -3.46. The number of aliphatic carboxylic acids is 1. The molecule has 0 aromatic rings. The van der Waals surface area contributed by atoms with Gasteiger partial charge in [-0.3, -0.25) is 4.79 Å². The lowest BCUT2D eigenvalue weighted by Gasteiger charge is -2.30. The fraction of sp³-hybridized carbons (Fsp3) is 0.923. The van der Waals surface area contributed by atoms with Gasteiger partial charge in [-0.15, -0.1) is 0 Å². The van der Waals surface area contributed by atoms with Crippen LogP contribution in [0.4, 0.5) is 0 Å². The Morgan fingerprint density at radius 3 is 2.70 bits per heavy atom. The molecule has 0 aromatic heterocycles. The van der Waals surface area contributed by atoms with Gasteiger partial charge in [0.15, 0.2) is 0 Å². The van der Waals surface area contributed by atoms with E-state index in [9.17, 15) is 13.2 Å². The molecule has 0 bridgehead atoms. The lowest BCUT2D eigenvalue weighted by atomic mass is 9.97. The van der Waals surface area contributed by atoms with Crippen molar-refractivity contribution in [2.24, 2.45) is 17.8 Å². The van der Waals surface area contributed by atoms with E-state index >= 15 is 0 Å². The standard InChI is InChI=1S/C13H24N2O4S/c1-10-4-3-7-15(9-10)20(18,19)14-8-11-5-2-6-12(11)13(16)17/h10-12,14H,2-9H2,1H3,(H,16,17). The van der Waals surface area contributed by atoms with Crippen LogP contribution >= 0.6 is 0 Å². The first-order chi connectivity index (χ1) is 9.40. The fourth-order valence-corrected chi connectivity index (χ4v) is 4.70. The molecule has 1 aliphatic heterocycles. The van der Waals surface area contributed by atoms with E-state index in [1.54, 1.807) is 0 Å². The molecule has 2 aliphatic rings. The van der Waals surface area contributed by atoms with Crippen molar-refractivity contribution in [2.75, 3.05) is 19.6 Å². The molecule has 2 rings (SSSR count). The minimum atomic E-state index is -3.46. The summed E-state index contributed by atoms with van der Waals surface area (Å²) >= 11 is 0. The van der Waals surface area contributed by atoms with E-state index in [1.165, 1.54) is 4.31 Å². The highest BCUT2D eigenvalue weighted by molar-refractivity contribution is 7.87. The molecule has 3 atom stereocenters. The van der Waals surface area contributed by atoms with E-state index in [0.717, 1.165) is 25.7 Å². The van der Waals surface area contributed by atoms with Crippen LogP contribution in [-0.2, 0) is 15.0 Å². The summed E-state index contributed by atoms with van der Waals surface area (Å²) in [5.41, 5.74) is 0. The largest absolute Gasteiger partial charge is 0.481 e. The number of hydrogen-bond acceptors (Lipinski definition) is 3. The first-order valence-electron chi connectivity index (χ1n) is 7.37. The van der Waals surface area contributed by atoms with Crippen molar-refractivity contribution in [1.29, 1.82) is 0 Å². The molecule has 1 aliphatic carbocycles. The van der Waals surface area contributed by atoms with Crippen LogP contribution in [0.3, 0.4) is 0 Å². The highest BCUT2D eigenvalue weighted by atomic mass is 32.2. The quantitative estimate of drug-likeness (QED) is 0.795. The monoisotopic (exact) mass is 304 g/mol. The van der Waals surface area contributed by atoms with Crippen LogP contribution in [0, 0.1) is 17.8 Å². The molecule has 1 heterocycles. The van der Waals surface area contributed by atoms with Gasteiger partial charge in [-0.25, -0.2) is 4.72 Å². The molecule has 6 nitrogen and oxygen atoms in total. The van der Waals surface area contributed by atoms with Crippen molar-refractivity contribution >= 4 is 16.2 Å². The van der Waals surface area contributed by atoms with Gasteiger partial charge in [-0.1, -0.05) is 13.3 Å². The number of carbonyl (C=O) groups is 1. The summed E-state index contributed by atoms with van der Waals surface area (Å²) in [4.78, 5) is 11.1. The van der Waals surface area contributed by atoms with Gasteiger partial charge in [0, 0.05) is 19.6 Å². The zero-order chi connectivity index (χ0) is 14.8. The molecule has 116 valence electrons. The van der Waals surface area contributed by atoms with Crippen molar-refractivity contribution in [3.63, 3.8) is 0 Å². The molecular weight excluding hydrogens is 280 g/mol. The second-order valence-corrected chi connectivity index (χ2v) is 7.85. The van der Waals surface area contributed by atoms with Crippen molar-refractivity contribution in [2.45, 2.75) is 39.0 Å². The van der Waals surface area contributed by atoms with Gasteiger partial charge in [-0.05, 0) is 37.5 Å². The van der Waals surface area contributed by atoms with Crippen LogP contribution in [0.25, 0.3) is 0 Å². The van der Waals surface area contributed by atoms with Crippen LogP contribution in [0.15, 0.2) is 0 Å². The molecule has 0 spiro atoms. The Morgan fingerprint density at radius 2 is 2.05 bits per heavy atom. The van der Waals surface area contributed by atoms with E-state index in [1.807, 2.05) is 0 Å². The zero-order valence-electron chi connectivity index (χ0n) is 11.9. The zero-order valence-corrected chi connectivity index (χ0v) is 12.7. The summed E-state index contributed by atoms with van der Waals surface area (Å²) in [5, 5.41) is 9.11. The minimum Gasteiger partial charge on any atom is -0.481 e. The van der Waals surface area contributed by atoms with E-state index < -0.39 is 22.1 Å². The smallest absolute Gasteiger partial charge is 0.306 e. The molecular formula is C13H24N2O4S. The third-order valence-electron chi connectivity index (χ3n) is 4.46. The van der Waals surface area contributed by atoms with Gasteiger partial charge in [0.25, 0.3) is 10.2 Å². The minimum absolute atomic E-state index is 0.0792. The lowest BCUT2D eigenvalue weighted by Crippen LogP contribution is -2.47. The van der Waals surface area contributed by atoms with Crippen LogP contribution in [0.1, 0.15) is 39.0 Å². The molecule has 1 saturated carbocycles. The maximum Gasteiger partial charge on any atom is 0.306 e. The Hall–Kier alpha value is -0.660. The van der Waals surface area contributed by atoms with Crippen molar-refractivity contribution in [3.05, 3.63) is 0 Å². The Morgan fingerprint density at radius 1 is 1.30 bits per heavy atom. The number of carboxylic acids is 1. The Bertz CT molecular complexity index is 451. The Labute approximate surface area is 120 Å². The highest BCUT2D eigenvalue weighted by Gasteiger charge is 2.34. The molecule has 7 heteroatoms. The third-order valence-corrected chi connectivity index (χ3v) is 6.01. The molecule has 0 aromatic carbocycles. The van der Waals surface area contributed by atoms with E-state index in [4.69, 9.17) is 5.11 Å². The summed E-state index contributed by atoms with van der Waals surface area (Å²) in [5.74, 6) is -0.903. The first-order valence-corrected chi connectivity index (χ1v) is 8.81. The van der Waals surface area contributed by atoms with Gasteiger partial charge in [0.2, 0.25) is 0 Å². The fourth-order valence-electron chi connectivity index (χ4n) is 3.27. The number of nitrogens with one attached hydrogen (secondary N) is 1. The number of hydrogen-bond donors (Lipinski definition) is 2. The van der Waals surface area contributed by atoms with Crippen LogP contribution in [0.5, 0.6) is 0 Å². The summed E-state index contributed by atoms with van der Waals surface area (Å²) < 4.78 is 28.6. The molecule has 0 radical (unpaired) electrons. The molecule has 20 heavy (non-hydrogen) atoms. The van der Waals surface area contributed by atoms with Gasteiger partial charge < -0.3 is 5.11 Å².